The number of hydrogen-bond acceptors (Lipinski definition) is 19. The van der Waals surface area contributed by atoms with Crippen molar-refractivity contribution < 1.29 is 9.53 Å². The van der Waals surface area contributed by atoms with Gasteiger partial charge in [0.05, 0.1) is 47.0 Å². The van der Waals surface area contributed by atoms with Crippen LogP contribution in [0.15, 0.2) is 243 Å². The molecule has 1 amide bonds. The van der Waals surface area contributed by atoms with Gasteiger partial charge in [-0.25, -0.2) is 44.9 Å². The van der Waals surface area contributed by atoms with E-state index in [1.54, 1.807) is 25.5 Å². The van der Waals surface area contributed by atoms with Crippen molar-refractivity contribution >= 4 is 68.2 Å². The fourth-order valence-electron chi connectivity index (χ4n) is 16.7. The van der Waals surface area contributed by atoms with E-state index >= 15 is 0 Å². The SMILES string of the molecule is CC(=O)N(C)C1CCN(c2cccc(-c3ccc4nc(-c5cccnc5N)n(-c5ccc(C6(N)CCC6)cc5)c4n3)c2)CC1.Nc1ncccc1-c1nc2ccc(-c3cccc(N4CCOCC4)c3)nc2n1-c1ccc(C2(N)CCC2)cc1.Nc1ncccc1-c1nc2ccc(-c3ccccc3)nc2n1-c1ccc(C2(N)CCC2)cc1. The maximum Gasteiger partial charge on any atom is 0.219 e. The molecular formula is C93H93N21O2. The molecule has 2 aliphatic heterocycles. The first-order chi connectivity index (χ1) is 56.5. The highest BCUT2D eigenvalue weighted by atomic mass is 16.5. The number of pyridine rings is 6. The molecule has 3 saturated carbocycles. The number of nitrogens with zero attached hydrogens (tertiary/aromatic N) is 15. The molecule has 116 heavy (non-hydrogen) atoms. The average Bonchev–Trinajstić information content (AvgIpc) is 1.58. The third-order valence-electron chi connectivity index (χ3n) is 24.2. The van der Waals surface area contributed by atoms with Crippen LogP contribution in [0.25, 0.3) is 118 Å². The van der Waals surface area contributed by atoms with E-state index in [0.29, 0.717) is 34.9 Å². The van der Waals surface area contributed by atoms with Gasteiger partial charge in [0.25, 0.3) is 0 Å². The number of anilines is 5. The summed E-state index contributed by atoms with van der Waals surface area (Å²) >= 11 is 0. The number of piperidine rings is 1. The quantitative estimate of drug-likeness (QED) is 0.0555. The van der Waals surface area contributed by atoms with Crippen molar-refractivity contribution in [1.29, 1.82) is 0 Å². The molecule has 15 aromatic rings. The van der Waals surface area contributed by atoms with E-state index in [1.165, 1.54) is 24.1 Å². The highest BCUT2D eigenvalue weighted by Crippen LogP contribution is 2.44. The summed E-state index contributed by atoms with van der Waals surface area (Å²) in [6, 6.07) is 76.5. The molecule has 0 radical (unpaired) electrons. The van der Waals surface area contributed by atoms with Crippen LogP contribution in [0.1, 0.15) is 94.2 Å². The zero-order chi connectivity index (χ0) is 79.2. The molecule has 5 aliphatic rings. The second-order valence-corrected chi connectivity index (χ2v) is 31.3. The van der Waals surface area contributed by atoms with Crippen molar-refractivity contribution in [3.8, 4) is 85.0 Å². The molecule has 0 spiro atoms. The second kappa shape index (κ2) is 31.0. The molecule has 6 aromatic carbocycles. The molecule has 0 atom stereocenters. The van der Waals surface area contributed by atoms with E-state index in [0.717, 1.165) is 215 Å². The van der Waals surface area contributed by atoms with E-state index < -0.39 is 0 Å². The first kappa shape index (κ1) is 74.4. The molecule has 2 saturated heterocycles. The van der Waals surface area contributed by atoms with Crippen LogP contribution >= 0.6 is 0 Å². The van der Waals surface area contributed by atoms with Crippen molar-refractivity contribution in [3.05, 3.63) is 260 Å². The van der Waals surface area contributed by atoms with Crippen LogP contribution in [-0.4, -0.2) is 122 Å². The zero-order valence-electron chi connectivity index (χ0n) is 65.2. The van der Waals surface area contributed by atoms with E-state index in [-0.39, 0.29) is 28.6 Å². The first-order valence-electron chi connectivity index (χ1n) is 40.1. The van der Waals surface area contributed by atoms with Crippen molar-refractivity contribution in [2.24, 2.45) is 17.2 Å². The highest BCUT2D eigenvalue weighted by Gasteiger charge is 2.37. The zero-order valence-corrected chi connectivity index (χ0v) is 65.2. The van der Waals surface area contributed by atoms with Gasteiger partial charge in [0.15, 0.2) is 34.4 Å². The number of carbonyl (C=O) groups excluding carboxylic acids is 1. The lowest BCUT2D eigenvalue weighted by atomic mass is 9.73. The van der Waals surface area contributed by atoms with E-state index in [2.05, 4.69) is 172 Å². The fourth-order valence-corrected chi connectivity index (χ4v) is 16.7. The van der Waals surface area contributed by atoms with E-state index in [4.69, 9.17) is 69.0 Å². The number of amides is 1. The van der Waals surface area contributed by atoms with Crippen LogP contribution in [0.4, 0.5) is 28.8 Å². The smallest absolute Gasteiger partial charge is 0.219 e. The largest absolute Gasteiger partial charge is 0.383 e. The third-order valence-corrected chi connectivity index (χ3v) is 24.2. The van der Waals surface area contributed by atoms with Crippen LogP contribution in [0.2, 0.25) is 0 Å². The predicted molar refractivity (Wildman–Crippen MR) is 462 cm³/mol. The number of nitrogen functional groups attached to an aromatic ring is 3. The number of carbonyl (C=O) groups is 1. The average molecular weight is 1540 g/mol. The monoisotopic (exact) mass is 1540 g/mol. The van der Waals surface area contributed by atoms with Crippen molar-refractivity contribution in [3.63, 3.8) is 0 Å². The lowest BCUT2D eigenvalue weighted by Crippen LogP contribution is -2.45. The molecule has 20 rings (SSSR count). The molecule has 0 unspecified atom stereocenters. The summed E-state index contributed by atoms with van der Waals surface area (Å²) in [5, 5.41) is 0. The van der Waals surface area contributed by atoms with Gasteiger partial charge in [-0.2, -0.15) is 0 Å². The Kier molecular flexibility index (Phi) is 19.9. The Hall–Kier alpha value is -13.1. The Balaban J connectivity index is 0.000000122. The summed E-state index contributed by atoms with van der Waals surface area (Å²) in [5.41, 5.74) is 59.5. The Morgan fingerprint density at radius 1 is 0.388 bits per heavy atom. The van der Waals surface area contributed by atoms with Crippen LogP contribution in [0.3, 0.4) is 0 Å². The van der Waals surface area contributed by atoms with Gasteiger partial charge in [-0.05, 0) is 221 Å². The maximum absolute atomic E-state index is 11.9. The lowest BCUT2D eigenvalue weighted by molar-refractivity contribution is -0.129. The van der Waals surface area contributed by atoms with Crippen LogP contribution in [0.5, 0.6) is 0 Å². The van der Waals surface area contributed by atoms with Gasteiger partial charge >= 0.3 is 0 Å². The molecule has 5 fully saturated rings. The van der Waals surface area contributed by atoms with Gasteiger partial charge in [0.2, 0.25) is 5.91 Å². The molecular weight excluding hydrogens is 1440 g/mol. The minimum atomic E-state index is -0.235. The van der Waals surface area contributed by atoms with Crippen molar-refractivity contribution in [2.45, 2.75) is 100 Å². The number of ether oxygens (including phenoxy) is 1. The van der Waals surface area contributed by atoms with Gasteiger partial charge in [-0.1, -0.05) is 91.0 Å². The lowest BCUT2D eigenvalue weighted by Gasteiger charge is -2.38. The first-order valence-corrected chi connectivity index (χ1v) is 40.1. The predicted octanol–water partition coefficient (Wildman–Crippen LogP) is 15.5. The Labute approximate surface area is 673 Å². The van der Waals surface area contributed by atoms with Crippen LogP contribution in [0, 0.1) is 0 Å². The number of imidazole rings is 3. The number of nitrogens with two attached hydrogens (primary N) is 6. The fraction of sp³-hybridized carbons (Fsp3) is 0.247. The van der Waals surface area contributed by atoms with Gasteiger partial charge < -0.3 is 53.8 Å². The van der Waals surface area contributed by atoms with E-state index in [9.17, 15) is 4.79 Å². The molecule has 0 bridgehead atoms. The number of aromatic nitrogens is 12. The number of rotatable bonds is 15. The summed E-state index contributed by atoms with van der Waals surface area (Å²) in [6.45, 7) is 6.72. The summed E-state index contributed by atoms with van der Waals surface area (Å²) < 4.78 is 11.7. The van der Waals surface area contributed by atoms with Crippen molar-refractivity contribution in [2.75, 3.05) is 73.4 Å². The van der Waals surface area contributed by atoms with Crippen molar-refractivity contribution in [1.82, 2.24) is 63.5 Å². The second-order valence-electron chi connectivity index (χ2n) is 31.3. The molecule has 23 nitrogen and oxygen atoms in total. The number of fused-ring (bicyclic) bond motifs is 3. The van der Waals surface area contributed by atoms with Gasteiger partial charge in [0.1, 0.15) is 34.0 Å². The Morgan fingerprint density at radius 3 is 1.07 bits per heavy atom. The highest BCUT2D eigenvalue weighted by molar-refractivity contribution is 5.88. The topological polar surface area (TPSA) is 323 Å². The van der Waals surface area contributed by atoms with Gasteiger partial charge in [0, 0.05) is 127 Å². The molecule has 23 heteroatoms. The summed E-state index contributed by atoms with van der Waals surface area (Å²) in [4.78, 5) is 61.6. The van der Waals surface area contributed by atoms with Gasteiger partial charge in [-0.3, -0.25) is 18.5 Å². The number of morpholine rings is 1. The summed E-state index contributed by atoms with van der Waals surface area (Å²) in [5.74, 6) is 3.53. The molecule has 11 heterocycles. The van der Waals surface area contributed by atoms with Gasteiger partial charge in [-0.15, -0.1) is 0 Å². The van der Waals surface area contributed by atoms with Crippen LogP contribution < -0.4 is 44.2 Å². The number of benzene rings is 6. The Bertz CT molecular complexity index is 6110. The number of hydrogen-bond donors (Lipinski definition) is 6. The molecule has 582 valence electrons. The maximum atomic E-state index is 11.9. The molecule has 9 aromatic heterocycles. The minimum absolute atomic E-state index is 0.123. The normalized spacial score (nSPS) is 16.1. The van der Waals surface area contributed by atoms with E-state index in [1.807, 2.05) is 103 Å². The molecule has 3 aliphatic carbocycles. The standard InChI is InChI=1S/C35H38N8O.C31H31N7O.C27H24N6/c1-23(44)41(2)26-15-20-42(21-16-26)28-7-3-6-24(22-28)30-13-14-31-34(39-30)43(33(40-31)29-8-4-19-38-32(29)36)27-11-9-25(10-12-27)35(37)17-5-18-35;32-28-25(6-2-15-34-28)29-36-27-12-11-26(21-4-1-5-24(20-21)37-16-18-39-19-17-37)35-30(27)38(29)23-9-7-22(8-10-23)31(33)13-3-14-31;28-24-21(8-4-17-30-24)25-32-23-14-13-22(18-6-2-1-3-7-18)31-26(23)33(25)20-11-9-19(10-12-20)27(29)15-5-16-27/h3-4,6-14,19,22,26H,5,15-18,20-21,37H2,1-2H3,(H2,36,38);1-2,4-12,15,20H,3,13-14,16-19,33H2,(H2,32,34);1-4,6-14,17H,5,15-16,29H2,(H2,28,30). The third kappa shape index (κ3) is 14.4. The Morgan fingerprint density at radius 2 is 0.733 bits per heavy atom. The minimum Gasteiger partial charge on any atom is -0.383 e. The summed E-state index contributed by atoms with van der Waals surface area (Å²) in [6.07, 6.45) is 16.6. The van der Waals surface area contributed by atoms with Crippen LogP contribution in [-0.2, 0) is 26.1 Å². The summed E-state index contributed by atoms with van der Waals surface area (Å²) in [7, 11) is 1.90. The molecule has 12 N–H and O–H groups in total.